The van der Waals surface area contributed by atoms with E-state index in [9.17, 15) is 0 Å². The maximum Gasteiger partial charge on any atom is 0.0224 e. The summed E-state index contributed by atoms with van der Waals surface area (Å²) in [5.41, 5.74) is 0. The van der Waals surface area contributed by atoms with Crippen LogP contribution in [0.25, 0.3) is 0 Å². The van der Waals surface area contributed by atoms with Gasteiger partial charge in [-0.2, -0.15) is 0 Å². The molecule has 1 saturated carbocycles. The fourth-order valence-corrected chi connectivity index (χ4v) is 3.66. The Bertz CT molecular complexity index is 183. The van der Waals surface area contributed by atoms with Gasteiger partial charge in [0.15, 0.2) is 0 Å². The monoisotopic (exact) mass is 210 g/mol. The average molecular weight is 210 g/mol. The second-order valence-corrected chi connectivity index (χ2v) is 5.39. The predicted octanol–water partition coefficient (Wildman–Crippen LogP) is 2.25. The van der Waals surface area contributed by atoms with Crippen molar-refractivity contribution in [2.24, 2.45) is 5.92 Å². The van der Waals surface area contributed by atoms with Gasteiger partial charge in [0, 0.05) is 31.7 Å². The summed E-state index contributed by atoms with van der Waals surface area (Å²) >= 11 is 0. The van der Waals surface area contributed by atoms with Gasteiger partial charge in [-0.15, -0.1) is 0 Å². The van der Waals surface area contributed by atoms with E-state index in [1.807, 2.05) is 0 Å². The van der Waals surface area contributed by atoms with Gasteiger partial charge in [0.05, 0.1) is 0 Å². The van der Waals surface area contributed by atoms with Crippen molar-refractivity contribution in [2.75, 3.05) is 19.6 Å². The summed E-state index contributed by atoms with van der Waals surface area (Å²) in [5, 5.41) is 3.56. The summed E-state index contributed by atoms with van der Waals surface area (Å²) in [6.45, 7) is 3.92. The molecule has 2 aliphatic heterocycles. The van der Waals surface area contributed by atoms with Gasteiger partial charge < -0.3 is 5.32 Å². The van der Waals surface area contributed by atoms with Crippen molar-refractivity contribution in [2.45, 2.75) is 58.0 Å². The molecule has 3 fully saturated rings. The molecule has 2 nitrogen and oxygen atoms in total. The summed E-state index contributed by atoms with van der Waals surface area (Å²) < 4.78 is 0. The van der Waals surface area contributed by atoms with E-state index in [4.69, 9.17) is 0 Å². The number of rotatable bonds is 2. The maximum absolute atomic E-state index is 3.56. The summed E-state index contributed by atoms with van der Waals surface area (Å²) in [4.78, 5) is 2.83. The molecule has 3 aliphatic rings. The fourth-order valence-electron chi connectivity index (χ4n) is 3.66. The molecule has 0 spiro atoms. The highest BCUT2D eigenvalue weighted by Crippen LogP contribution is 2.32. The zero-order valence-electron chi connectivity index (χ0n) is 9.04. The van der Waals surface area contributed by atoms with Crippen molar-refractivity contribution in [3.05, 3.63) is 0 Å². The highest BCUT2D eigenvalue weighted by Gasteiger charge is 2.37. The number of nitrogens with one attached hydrogen (secondary N) is 1. The lowest BCUT2D eigenvalue weighted by atomic mass is 10.1. The van der Waals surface area contributed by atoms with Crippen LogP contribution in [-0.4, -0.2) is 36.6 Å². The molecule has 1 N–H and O–H groups in total. The Hall–Kier alpha value is -0.0800. The van der Waals surface area contributed by atoms with Crippen molar-refractivity contribution < 1.29 is 0 Å². The smallest absolute Gasteiger partial charge is 0.0224 e. The van der Waals surface area contributed by atoms with Crippen LogP contribution >= 0.6 is 0 Å². The summed E-state index contributed by atoms with van der Waals surface area (Å²) in [6.07, 6.45) is 8.89. The molecule has 0 aromatic rings. The molecule has 0 amide bonds. The Morgan fingerprint density at radius 1 is 0.933 bits per heavy atom. The molecule has 2 unspecified atom stereocenters. The molecule has 15 heavy (non-hydrogen) atoms. The first-order valence-electron chi connectivity index (χ1n) is 6.40. The van der Waals surface area contributed by atoms with Crippen molar-refractivity contribution in [1.29, 1.82) is 0 Å². The van der Waals surface area contributed by atoms with Gasteiger partial charge in [-0.25, -0.2) is 0 Å². The molecular weight excluding hydrogens is 184 g/mol. The first-order valence-corrected chi connectivity index (χ1v) is 6.40. The lowest BCUT2D eigenvalue weighted by Crippen LogP contribution is -2.52. The molecule has 2 bridgehead atoms. The third kappa shape index (κ3) is 2.21. The molecule has 1 aliphatic carbocycles. The van der Waals surface area contributed by atoms with Crippen LogP contribution < -0.4 is 5.32 Å². The van der Waals surface area contributed by atoms with Crippen molar-refractivity contribution >= 4 is 0 Å². The molecule has 2 heteroatoms. The third-order valence-corrected chi connectivity index (χ3v) is 4.47. The molecule has 2 heterocycles. The first-order chi connectivity index (χ1) is 6.93. The van der Waals surface area contributed by atoms with Crippen LogP contribution in [-0.2, 0) is 0 Å². The maximum atomic E-state index is 3.56. The SMILES string of the molecule is C.C1CCC(CN2C3CCC2CNC3)C1. The van der Waals surface area contributed by atoms with Crippen LogP contribution in [0.4, 0.5) is 0 Å². The normalized spacial score (nSPS) is 36.8. The minimum Gasteiger partial charge on any atom is -0.314 e. The predicted molar refractivity (Wildman–Crippen MR) is 65.1 cm³/mol. The Morgan fingerprint density at radius 2 is 1.53 bits per heavy atom. The number of hydrogen-bond donors (Lipinski definition) is 1. The first kappa shape index (κ1) is 11.4. The molecule has 0 aromatic carbocycles. The lowest BCUT2D eigenvalue weighted by molar-refractivity contribution is 0.130. The van der Waals surface area contributed by atoms with E-state index >= 15 is 0 Å². The fraction of sp³-hybridized carbons (Fsp3) is 1.00. The number of hydrogen-bond acceptors (Lipinski definition) is 2. The minimum atomic E-state index is 0. The van der Waals surface area contributed by atoms with Gasteiger partial charge in [0.25, 0.3) is 0 Å². The second-order valence-electron chi connectivity index (χ2n) is 5.39. The van der Waals surface area contributed by atoms with E-state index in [0.29, 0.717) is 0 Å². The van der Waals surface area contributed by atoms with Crippen LogP contribution in [0.1, 0.15) is 46.0 Å². The molecule has 88 valence electrons. The van der Waals surface area contributed by atoms with Gasteiger partial charge in [0.2, 0.25) is 0 Å². The largest absolute Gasteiger partial charge is 0.314 e. The van der Waals surface area contributed by atoms with Gasteiger partial charge in [-0.05, 0) is 31.6 Å². The Morgan fingerprint density at radius 3 is 2.13 bits per heavy atom. The Labute approximate surface area is 94.4 Å². The number of piperazine rings is 1. The van der Waals surface area contributed by atoms with Gasteiger partial charge >= 0.3 is 0 Å². The second kappa shape index (κ2) is 4.84. The molecule has 3 rings (SSSR count). The van der Waals surface area contributed by atoms with E-state index in [0.717, 1.165) is 18.0 Å². The van der Waals surface area contributed by atoms with E-state index in [-0.39, 0.29) is 7.43 Å². The van der Waals surface area contributed by atoms with Crippen molar-refractivity contribution in [3.8, 4) is 0 Å². The summed E-state index contributed by atoms with van der Waals surface area (Å²) in [6, 6.07) is 1.77. The van der Waals surface area contributed by atoms with Crippen LogP contribution in [0.3, 0.4) is 0 Å². The zero-order chi connectivity index (χ0) is 9.38. The van der Waals surface area contributed by atoms with Crippen LogP contribution in [0, 0.1) is 5.92 Å². The molecule has 2 saturated heterocycles. The molecular formula is C13H26N2. The highest BCUT2D eigenvalue weighted by molar-refractivity contribution is 4.95. The molecule has 0 radical (unpaired) electrons. The van der Waals surface area contributed by atoms with E-state index < -0.39 is 0 Å². The summed E-state index contributed by atoms with van der Waals surface area (Å²) in [5.74, 6) is 1.04. The standard InChI is InChI=1S/C12H22N2.CH4/c1-2-4-10(3-1)9-14-11-5-6-12(14)8-13-7-11;/h10-13H,1-9H2;1H4. The average Bonchev–Trinajstić information content (AvgIpc) is 2.75. The Balaban J connectivity index is 0.000000853. The van der Waals surface area contributed by atoms with Crippen LogP contribution in [0.2, 0.25) is 0 Å². The van der Waals surface area contributed by atoms with Gasteiger partial charge in [0.1, 0.15) is 0 Å². The Kier molecular flexibility index (Phi) is 3.68. The van der Waals surface area contributed by atoms with E-state index in [1.165, 1.54) is 58.2 Å². The number of fused-ring (bicyclic) bond motifs is 2. The van der Waals surface area contributed by atoms with Crippen molar-refractivity contribution in [1.82, 2.24) is 10.2 Å². The zero-order valence-corrected chi connectivity index (χ0v) is 9.04. The quantitative estimate of drug-likeness (QED) is 0.752. The highest BCUT2D eigenvalue weighted by atomic mass is 15.3. The molecule has 0 aromatic heterocycles. The summed E-state index contributed by atoms with van der Waals surface area (Å²) in [7, 11) is 0. The van der Waals surface area contributed by atoms with Gasteiger partial charge in [-0.1, -0.05) is 20.3 Å². The topological polar surface area (TPSA) is 15.3 Å². The van der Waals surface area contributed by atoms with Crippen molar-refractivity contribution in [3.63, 3.8) is 0 Å². The van der Waals surface area contributed by atoms with E-state index in [2.05, 4.69) is 10.2 Å². The minimum absolute atomic E-state index is 0. The molecule has 2 atom stereocenters. The lowest BCUT2D eigenvalue weighted by Gasteiger charge is -2.36. The third-order valence-electron chi connectivity index (χ3n) is 4.47. The number of nitrogens with zero attached hydrogens (tertiary/aromatic N) is 1. The van der Waals surface area contributed by atoms with Gasteiger partial charge in [-0.3, -0.25) is 4.90 Å². The van der Waals surface area contributed by atoms with E-state index in [1.54, 1.807) is 0 Å². The van der Waals surface area contributed by atoms with Crippen LogP contribution in [0.5, 0.6) is 0 Å². The van der Waals surface area contributed by atoms with Crippen LogP contribution in [0.15, 0.2) is 0 Å².